The van der Waals surface area contributed by atoms with Crippen molar-refractivity contribution in [2.75, 3.05) is 24.5 Å². The number of aryl methyl sites for hydroxylation is 1. The van der Waals surface area contributed by atoms with Crippen LogP contribution in [0.5, 0.6) is 5.75 Å². The summed E-state index contributed by atoms with van der Waals surface area (Å²) < 4.78 is 42.9. The lowest BCUT2D eigenvalue weighted by atomic mass is 9.81. The summed E-state index contributed by atoms with van der Waals surface area (Å²) in [6.07, 6.45) is 16.8. The molecule has 0 radical (unpaired) electrons. The molecule has 47 heavy (non-hydrogen) atoms. The Kier molecular flexibility index (Phi) is 9.84. The average Bonchev–Trinajstić information content (AvgIpc) is 3.22. The van der Waals surface area contributed by atoms with Gasteiger partial charge >= 0.3 is 6.15 Å². The molecule has 0 aliphatic carbocycles. The first kappa shape index (κ1) is 34.6. The summed E-state index contributed by atoms with van der Waals surface area (Å²) in [5.74, 6) is 2.01. The minimum absolute atomic E-state index is 0.0605. The molecular formula is C38H47N2O6S+. The summed E-state index contributed by atoms with van der Waals surface area (Å²) in [5, 5.41) is 0. The van der Waals surface area contributed by atoms with Crippen molar-refractivity contribution < 1.29 is 31.9 Å². The van der Waals surface area contributed by atoms with Crippen molar-refractivity contribution in [1.29, 1.82) is 0 Å². The zero-order chi connectivity index (χ0) is 34.1. The minimum Gasteiger partial charge on any atom is -0.460 e. The fourth-order valence-corrected chi connectivity index (χ4v) is 7.85. The zero-order valence-electron chi connectivity index (χ0n) is 28.5. The van der Waals surface area contributed by atoms with E-state index in [0.717, 1.165) is 92.2 Å². The van der Waals surface area contributed by atoms with Gasteiger partial charge in [-0.25, -0.2) is 0 Å². The average molecular weight is 660 g/mol. The highest BCUT2D eigenvalue weighted by Gasteiger charge is 2.44. The second-order valence-corrected chi connectivity index (χ2v) is 15.8. The summed E-state index contributed by atoms with van der Waals surface area (Å²) in [7, 11) is -4.30. The summed E-state index contributed by atoms with van der Waals surface area (Å²) in [6.45, 7) is 16.2. The maximum Gasteiger partial charge on any atom is 0.373 e. The standard InChI is InChI=1S/C37H46N2O4S.CO2/c1-7-8-9-21-39-31-18-17-27(44(40,41)42)24-30(31)37(5,6)32(39)16-10-13-25-23-33(36(2,3)4)43-35-28-15-12-20-38-19-11-14-26(34(28)38)22-29(25)35;2-1-3/h10,13,16-18,22-24H,7-9,11-12,14-15,19-21H2,1-6H3;/p+1. The van der Waals surface area contributed by atoms with Gasteiger partial charge in [0.15, 0.2) is 5.71 Å². The van der Waals surface area contributed by atoms with Gasteiger partial charge in [-0.2, -0.15) is 22.6 Å². The van der Waals surface area contributed by atoms with Gasteiger partial charge < -0.3 is 9.64 Å². The van der Waals surface area contributed by atoms with Crippen molar-refractivity contribution in [3.63, 3.8) is 0 Å². The van der Waals surface area contributed by atoms with Crippen molar-refractivity contribution in [3.8, 4) is 5.75 Å². The number of hydrogen-bond donors (Lipinski definition) is 1. The Balaban J connectivity index is 0.00000139. The van der Waals surface area contributed by atoms with Gasteiger partial charge in [-0.1, -0.05) is 46.3 Å². The van der Waals surface area contributed by atoms with Crippen molar-refractivity contribution >= 4 is 38.9 Å². The van der Waals surface area contributed by atoms with E-state index in [-0.39, 0.29) is 16.5 Å². The van der Waals surface area contributed by atoms with Gasteiger partial charge in [0, 0.05) is 59.4 Å². The molecule has 4 aliphatic heterocycles. The van der Waals surface area contributed by atoms with Crippen molar-refractivity contribution in [2.24, 2.45) is 5.41 Å². The van der Waals surface area contributed by atoms with Gasteiger partial charge in [0.2, 0.25) is 5.69 Å². The van der Waals surface area contributed by atoms with Crippen LogP contribution in [0.15, 0.2) is 59.2 Å². The largest absolute Gasteiger partial charge is 0.460 e. The zero-order valence-corrected chi connectivity index (χ0v) is 29.3. The monoisotopic (exact) mass is 659 g/mol. The number of fused-ring (bicyclic) bond motifs is 3. The van der Waals surface area contributed by atoms with Gasteiger partial charge in [0.25, 0.3) is 10.1 Å². The third-order valence-corrected chi connectivity index (χ3v) is 10.5. The van der Waals surface area contributed by atoms with Crippen LogP contribution in [-0.2, 0) is 38.0 Å². The van der Waals surface area contributed by atoms with Crippen LogP contribution in [0.25, 0.3) is 5.57 Å². The molecule has 0 spiro atoms. The van der Waals surface area contributed by atoms with Crippen LogP contribution >= 0.6 is 0 Å². The van der Waals surface area contributed by atoms with Crippen LogP contribution in [-0.4, -0.2) is 49.0 Å². The number of anilines is 1. The van der Waals surface area contributed by atoms with Gasteiger partial charge in [0.05, 0.1) is 10.3 Å². The normalized spacial score (nSPS) is 18.9. The van der Waals surface area contributed by atoms with Gasteiger partial charge in [-0.05, 0) is 81.4 Å². The number of rotatable bonds is 7. The number of nitrogens with zero attached hydrogens (tertiary/aromatic N) is 2. The number of allylic oxidation sites excluding steroid dienone is 6. The second-order valence-electron chi connectivity index (χ2n) is 14.4. The van der Waals surface area contributed by atoms with E-state index in [1.165, 1.54) is 34.9 Å². The van der Waals surface area contributed by atoms with Crippen molar-refractivity contribution in [2.45, 2.75) is 96.8 Å². The first-order chi connectivity index (χ1) is 22.2. The molecule has 0 aromatic heterocycles. The highest BCUT2D eigenvalue weighted by atomic mass is 32.2. The number of benzene rings is 2. The van der Waals surface area contributed by atoms with Crippen molar-refractivity contribution in [1.82, 2.24) is 0 Å². The Morgan fingerprint density at radius 2 is 1.79 bits per heavy atom. The molecule has 1 N–H and O–H groups in total. The first-order valence-electron chi connectivity index (χ1n) is 16.7. The predicted molar refractivity (Wildman–Crippen MR) is 184 cm³/mol. The van der Waals surface area contributed by atoms with Gasteiger partial charge in [-0.3, -0.25) is 4.55 Å². The second kappa shape index (κ2) is 13.4. The third-order valence-electron chi connectivity index (χ3n) is 9.70. The molecule has 4 heterocycles. The van der Waals surface area contributed by atoms with Crippen LogP contribution in [0.2, 0.25) is 0 Å². The van der Waals surface area contributed by atoms with Crippen molar-refractivity contribution in [3.05, 3.63) is 76.6 Å². The molecule has 2 aromatic rings. The highest BCUT2D eigenvalue weighted by molar-refractivity contribution is 7.85. The van der Waals surface area contributed by atoms with Crippen LogP contribution < -0.4 is 9.64 Å². The lowest BCUT2D eigenvalue weighted by molar-refractivity contribution is -0.438. The molecule has 0 saturated heterocycles. The Hall–Kier alpha value is -3.78. The molecule has 0 bridgehead atoms. The molecule has 0 saturated carbocycles. The molecule has 0 amide bonds. The Morgan fingerprint density at radius 1 is 1.09 bits per heavy atom. The third kappa shape index (κ3) is 6.80. The maximum absolute atomic E-state index is 12.0. The van der Waals surface area contributed by atoms with E-state index < -0.39 is 15.5 Å². The van der Waals surface area contributed by atoms with E-state index in [1.807, 2.05) is 6.07 Å². The van der Waals surface area contributed by atoms with E-state index in [4.69, 9.17) is 14.3 Å². The number of carbonyl (C=O) groups excluding carboxylic acids is 2. The molecule has 6 rings (SSSR count). The summed E-state index contributed by atoms with van der Waals surface area (Å²) in [4.78, 5) is 18.8. The number of unbranched alkanes of at least 4 members (excludes halogenated alkanes) is 2. The SMILES string of the molecule is CCCCC[N+]1=C(C=CC=C2C=C(C(C)(C)C)Oc3c2cc2c4c3CCCN4CCC2)C(C)(C)c2cc(S(=O)(=O)O)ccc21.O=C=O. The number of ether oxygens (including phenoxy) is 1. The molecule has 9 heteroatoms. The Morgan fingerprint density at radius 3 is 2.45 bits per heavy atom. The maximum atomic E-state index is 12.0. The van der Waals surface area contributed by atoms with Crippen LogP contribution in [0.3, 0.4) is 0 Å². The van der Waals surface area contributed by atoms with Gasteiger partial charge in [-0.15, -0.1) is 0 Å². The number of hydrogen-bond acceptors (Lipinski definition) is 6. The summed E-state index contributed by atoms with van der Waals surface area (Å²) >= 11 is 0. The quantitative estimate of drug-likeness (QED) is 0.186. The van der Waals surface area contributed by atoms with E-state index >= 15 is 0 Å². The predicted octanol–water partition coefficient (Wildman–Crippen LogP) is 7.58. The minimum atomic E-state index is -4.30. The van der Waals surface area contributed by atoms with Crippen LogP contribution in [0.1, 0.15) is 95.9 Å². The summed E-state index contributed by atoms with van der Waals surface area (Å²) in [5.41, 5.74) is 9.03. The fraction of sp³-hybridized carbons (Fsp3) is 0.474. The van der Waals surface area contributed by atoms with E-state index in [1.54, 1.807) is 6.07 Å². The van der Waals surface area contributed by atoms with E-state index in [9.17, 15) is 13.0 Å². The van der Waals surface area contributed by atoms with E-state index in [0.29, 0.717) is 0 Å². The molecule has 250 valence electrons. The van der Waals surface area contributed by atoms with Crippen LogP contribution in [0.4, 0.5) is 11.4 Å². The lowest BCUT2D eigenvalue weighted by Crippen LogP contribution is -2.35. The lowest BCUT2D eigenvalue weighted by Gasteiger charge is -2.40. The van der Waals surface area contributed by atoms with Crippen LogP contribution in [0, 0.1) is 5.41 Å². The molecule has 4 aliphatic rings. The van der Waals surface area contributed by atoms with Gasteiger partial charge in [0.1, 0.15) is 18.1 Å². The molecule has 2 aromatic carbocycles. The summed E-state index contributed by atoms with van der Waals surface area (Å²) in [6, 6.07) is 7.37. The highest BCUT2D eigenvalue weighted by Crippen LogP contribution is 2.49. The molecule has 0 atom stereocenters. The smallest absolute Gasteiger partial charge is 0.373 e. The molecule has 0 unspecified atom stereocenters. The Bertz CT molecular complexity index is 1830. The topological polar surface area (TPSA) is 104 Å². The first-order valence-corrected chi connectivity index (χ1v) is 18.1. The molecule has 0 fully saturated rings. The Labute approximate surface area is 279 Å². The molecular weight excluding hydrogens is 612 g/mol. The molecule has 8 nitrogen and oxygen atoms in total. The fourth-order valence-electron chi connectivity index (χ4n) is 7.35. The van der Waals surface area contributed by atoms with E-state index in [2.05, 4.69) is 81.4 Å².